The number of rotatable bonds is 5. The molecule has 0 aliphatic carbocycles. The van der Waals surface area contributed by atoms with Crippen LogP contribution in [0.5, 0.6) is 5.75 Å². The van der Waals surface area contributed by atoms with Crippen molar-refractivity contribution in [2.24, 2.45) is 5.92 Å². The molecular weight excluding hydrogens is 262 g/mol. The summed E-state index contributed by atoms with van der Waals surface area (Å²) in [6.07, 6.45) is 0. The molecule has 1 aliphatic heterocycles. The van der Waals surface area contributed by atoms with E-state index in [0.717, 1.165) is 5.56 Å². The lowest BCUT2D eigenvalue weighted by Gasteiger charge is -2.18. The van der Waals surface area contributed by atoms with Crippen LogP contribution in [0.25, 0.3) is 0 Å². The molecule has 2 N–H and O–H groups in total. The van der Waals surface area contributed by atoms with Crippen LogP contribution in [0.2, 0.25) is 0 Å². The summed E-state index contributed by atoms with van der Waals surface area (Å²) in [5.74, 6) is -2.10. The number of hydrogen-bond acceptors (Lipinski definition) is 4. The maximum absolute atomic E-state index is 11.4. The summed E-state index contributed by atoms with van der Waals surface area (Å²) < 4.78 is 5.27. The zero-order chi connectivity index (χ0) is 14.7. The highest BCUT2D eigenvalue weighted by molar-refractivity contribution is 5.73. The predicted octanol–water partition coefficient (Wildman–Crippen LogP) is 0.880. The van der Waals surface area contributed by atoms with Gasteiger partial charge < -0.3 is 14.9 Å². The first-order valence-electron chi connectivity index (χ1n) is 6.32. The van der Waals surface area contributed by atoms with Crippen LogP contribution in [0, 0.1) is 5.92 Å². The molecule has 20 heavy (non-hydrogen) atoms. The second-order valence-electron chi connectivity index (χ2n) is 4.88. The fourth-order valence-corrected chi connectivity index (χ4v) is 2.74. The van der Waals surface area contributed by atoms with Crippen molar-refractivity contribution in [1.29, 1.82) is 0 Å². The number of likely N-dealkylation sites (tertiary alicyclic amines) is 1. The van der Waals surface area contributed by atoms with Gasteiger partial charge in [-0.05, 0) is 11.6 Å². The Morgan fingerprint density at radius 1 is 1.30 bits per heavy atom. The van der Waals surface area contributed by atoms with E-state index < -0.39 is 17.9 Å². The number of hydrogen-bond donors (Lipinski definition) is 2. The molecule has 6 nitrogen and oxygen atoms in total. The number of aliphatic carboxylic acids is 2. The predicted molar refractivity (Wildman–Crippen MR) is 70.9 cm³/mol. The highest BCUT2D eigenvalue weighted by Gasteiger charge is 2.40. The lowest BCUT2D eigenvalue weighted by atomic mass is 9.88. The van der Waals surface area contributed by atoms with Crippen molar-refractivity contribution in [3.8, 4) is 5.75 Å². The Morgan fingerprint density at radius 3 is 2.60 bits per heavy atom. The van der Waals surface area contributed by atoms with Gasteiger partial charge in [-0.1, -0.05) is 18.2 Å². The lowest BCUT2D eigenvalue weighted by Crippen LogP contribution is -2.28. The van der Waals surface area contributed by atoms with Gasteiger partial charge in [0.25, 0.3) is 0 Å². The number of carbonyl (C=O) groups is 2. The molecule has 0 spiro atoms. The third kappa shape index (κ3) is 2.91. The van der Waals surface area contributed by atoms with Crippen LogP contribution in [0.4, 0.5) is 0 Å². The van der Waals surface area contributed by atoms with Crippen molar-refractivity contribution >= 4 is 11.9 Å². The Morgan fingerprint density at radius 2 is 2.00 bits per heavy atom. The zero-order valence-corrected chi connectivity index (χ0v) is 11.2. The van der Waals surface area contributed by atoms with Gasteiger partial charge in [0.15, 0.2) is 0 Å². The van der Waals surface area contributed by atoms with E-state index in [4.69, 9.17) is 9.84 Å². The highest BCUT2D eigenvalue weighted by atomic mass is 16.5. The molecular formula is C14H17NO5. The molecule has 2 unspecified atom stereocenters. The Kier molecular flexibility index (Phi) is 4.24. The van der Waals surface area contributed by atoms with Gasteiger partial charge in [0.1, 0.15) is 5.75 Å². The number of para-hydroxylation sites is 1. The fraction of sp³-hybridized carbons (Fsp3) is 0.429. The third-order valence-corrected chi connectivity index (χ3v) is 3.61. The third-order valence-electron chi connectivity index (χ3n) is 3.61. The van der Waals surface area contributed by atoms with Crippen LogP contribution >= 0.6 is 0 Å². The van der Waals surface area contributed by atoms with Crippen LogP contribution in [0.15, 0.2) is 24.3 Å². The smallest absolute Gasteiger partial charge is 0.317 e. The molecule has 1 fully saturated rings. The summed E-state index contributed by atoms with van der Waals surface area (Å²) in [5, 5.41) is 18.2. The summed E-state index contributed by atoms with van der Waals surface area (Å²) >= 11 is 0. The number of methoxy groups -OCH3 is 1. The summed E-state index contributed by atoms with van der Waals surface area (Å²) in [4.78, 5) is 23.8. The number of carboxylic acids is 2. The van der Waals surface area contributed by atoms with E-state index in [-0.39, 0.29) is 19.0 Å². The largest absolute Gasteiger partial charge is 0.496 e. The Hall–Kier alpha value is -2.08. The molecule has 1 saturated heterocycles. The maximum Gasteiger partial charge on any atom is 0.317 e. The van der Waals surface area contributed by atoms with Gasteiger partial charge in [0.2, 0.25) is 0 Å². The van der Waals surface area contributed by atoms with Gasteiger partial charge in [-0.2, -0.15) is 0 Å². The molecule has 0 saturated carbocycles. The number of ether oxygens (including phenoxy) is 1. The first-order valence-corrected chi connectivity index (χ1v) is 6.32. The molecule has 2 atom stereocenters. The van der Waals surface area contributed by atoms with Gasteiger partial charge in [-0.3, -0.25) is 14.5 Å². The molecule has 1 aromatic rings. The van der Waals surface area contributed by atoms with E-state index in [1.807, 2.05) is 18.2 Å². The van der Waals surface area contributed by atoms with Gasteiger partial charge in [0, 0.05) is 19.0 Å². The minimum absolute atomic E-state index is 0.143. The van der Waals surface area contributed by atoms with Crippen molar-refractivity contribution in [3.05, 3.63) is 29.8 Å². The zero-order valence-electron chi connectivity index (χ0n) is 11.2. The highest BCUT2D eigenvalue weighted by Crippen LogP contribution is 2.37. The molecule has 0 radical (unpaired) electrons. The van der Waals surface area contributed by atoms with Gasteiger partial charge in [0.05, 0.1) is 19.6 Å². The van der Waals surface area contributed by atoms with E-state index in [2.05, 4.69) is 0 Å². The van der Waals surface area contributed by atoms with Crippen LogP contribution in [-0.2, 0) is 9.59 Å². The van der Waals surface area contributed by atoms with E-state index in [1.165, 1.54) is 0 Å². The average Bonchev–Trinajstić information content (AvgIpc) is 2.81. The molecule has 0 bridgehead atoms. The number of nitrogens with zero attached hydrogens (tertiary/aromatic N) is 1. The monoisotopic (exact) mass is 279 g/mol. The Labute approximate surface area is 116 Å². The second kappa shape index (κ2) is 5.92. The molecule has 108 valence electrons. The summed E-state index contributed by atoms with van der Waals surface area (Å²) in [6, 6.07) is 7.27. The van der Waals surface area contributed by atoms with E-state index in [0.29, 0.717) is 12.3 Å². The molecule has 2 rings (SSSR count). The van der Waals surface area contributed by atoms with E-state index in [9.17, 15) is 14.7 Å². The van der Waals surface area contributed by atoms with Crippen LogP contribution < -0.4 is 4.74 Å². The average molecular weight is 279 g/mol. The molecule has 6 heteroatoms. The lowest BCUT2D eigenvalue weighted by molar-refractivity contribution is -0.142. The summed E-state index contributed by atoms with van der Waals surface area (Å²) in [7, 11) is 1.54. The van der Waals surface area contributed by atoms with Crippen LogP contribution in [0.3, 0.4) is 0 Å². The first kappa shape index (κ1) is 14.3. The minimum Gasteiger partial charge on any atom is -0.496 e. The van der Waals surface area contributed by atoms with Gasteiger partial charge in [-0.15, -0.1) is 0 Å². The standard InChI is InChI=1S/C14H17NO5/c1-20-12-5-3-2-4-9(12)10-6-15(8-13(16)17)7-11(10)14(18)19/h2-5,10-11H,6-8H2,1H3,(H,16,17)(H,18,19). The summed E-state index contributed by atoms with van der Waals surface area (Å²) in [6.45, 7) is 0.503. The Balaban J connectivity index is 2.28. The van der Waals surface area contributed by atoms with Crippen LogP contribution in [-0.4, -0.2) is 53.8 Å². The van der Waals surface area contributed by atoms with Crippen molar-refractivity contribution < 1.29 is 24.5 Å². The van der Waals surface area contributed by atoms with Gasteiger partial charge in [-0.25, -0.2) is 0 Å². The van der Waals surface area contributed by atoms with Crippen molar-refractivity contribution in [2.45, 2.75) is 5.92 Å². The van der Waals surface area contributed by atoms with E-state index >= 15 is 0 Å². The van der Waals surface area contributed by atoms with E-state index in [1.54, 1.807) is 18.1 Å². The molecule has 0 aromatic heterocycles. The first-order chi connectivity index (χ1) is 9.52. The Bertz CT molecular complexity index is 516. The molecule has 1 aromatic carbocycles. The maximum atomic E-state index is 11.4. The number of carboxylic acid groups (broad SMARTS) is 2. The van der Waals surface area contributed by atoms with Crippen molar-refractivity contribution in [3.63, 3.8) is 0 Å². The summed E-state index contributed by atoms with van der Waals surface area (Å²) in [5.41, 5.74) is 0.815. The second-order valence-corrected chi connectivity index (χ2v) is 4.88. The van der Waals surface area contributed by atoms with Gasteiger partial charge >= 0.3 is 11.9 Å². The van der Waals surface area contributed by atoms with Crippen LogP contribution in [0.1, 0.15) is 11.5 Å². The SMILES string of the molecule is COc1ccccc1C1CN(CC(=O)O)CC1C(=O)O. The fourth-order valence-electron chi connectivity index (χ4n) is 2.74. The molecule has 0 amide bonds. The molecule has 1 heterocycles. The topological polar surface area (TPSA) is 87.1 Å². The molecule has 1 aliphatic rings. The van der Waals surface area contributed by atoms with Crippen molar-refractivity contribution in [1.82, 2.24) is 4.90 Å². The normalized spacial score (nSPS) is 22.6. The quantitative estimate of drug-likeness (QED) is 0.832. The minimum atomic E-state index is -0.949. The van der Waals surface area contributed by atoms with Crippen molar-refractivity contribution in [2.75, 3.05) is 26.7 Å². The number of benzene rings is 1.